The Hall–Kier alpha value is -3.23. The molecule has 1 aliphatic carbocycles. The molecule has 2 aromatic rings. The van der Waals surface area contributed by atoms with Crippen LogP contribution < -0.4 is 10.0 Å². The van der Waals surface area contributed by atoms with Gasteiger partial charge in [0.05, 0.1) is 35.4 Å². The average Bonchev–Trinajstić information content (AvgIpc) is 3.62. The van der Waals surface area contributed by atoms with Crippen molar-refractivity contribution < 1.29 is 27.1 Å². The van der Waals surface area contributed by atoms with E-state index in [1.165, 1.54) is 25.6 Å². The van der Waals surface area contributed by atoms with E-state index in [-0.39, 0.29) is 29.9 Å². The highest BCUT2D eigenvalue weighted by atomic mass is 32.2. The molecule has 14 heteroatoms. The molecular weight excluding hydrogens is 523 g/mol. The molecule has 2 heterocycles. The summed E-state index contributed by atoms with van der Waals surface area (Å²) in [6.07, 6.45) is 4.19. The molecule has 0 spiro atoms. The number of carbonyl (C=O) groups excluding carboxylic acids is 1. The number of nitrogens with one attached hydrogen (secondary N) is 2. The Kier molecular flexibility index (Phi) is 9.83. The average molecular weight is 553 g/mol. The van der Waals surface area contributed by atoms with Crippen LogP contribution >= 0.6 is 11.3 Å². The number of aliphatic imine (C=N–C) groups is 2. The van der Waals surface area contributed by atoms with Crippen molar-refractivity contribution in [1.82, 2.24) is 9.97 Å². The summed E-state index contributed by atoms with van der Waals surface area (Å²) in [6, 6.07) is 1.20. The molecular formula is C23H29FN6O5S2. The van der Waals surface area contributed by atoms with Gasteiger partial charge in [-0.3, -0.25) is 14.5 Å². The standard InChI is InChI=1S/C23H29FN6O5S2/c1-5-35-20(12-25-3)27-14(2)15-10-18(24)21(26-11-15)29-22(31)17(8-9-34-4)19-13-36-23(28-19)30-37(32,33)16-6-7-16/h10-13,16-17H,3,5-9H2,1-2,4H3,(H,28,30)(H,26,29,31)/b20-12+,27-14?. The molecule has 1 unspecified atom stereocenters. The topological polar surface area (TPSA) is 144 Å². The van der Waals surface area contributed by atoms with Gasteiger partial charge in [-0.05, 0) is 45.9 Å². The number of amides is 1. The van der Waals surface area contributed by atoms with Crippen LogP contribution in [0.4, 0.5) is 15.3 Å². The van der Waals surface area contributed by atoms with Gasteiger partial charge >= 0.3 is 0 Å². The lowest BCUT2D eigenvalue weighted by Gasteiger charge is -2.15. The minimum absolute atomic E-state index is 0.174. The van der Waals surface area contributed by atoms with E-state index in [0.29, 0.717) is 36.4 Å². The minimum atomic E-state index is -3.49. The maximum absolute atomic E-state index is 14.9. The van der Waals surface area contributed by atoms with E-state index in [4.69, 9.17) is 9.47 Å². The molecule has 1 saturated carbocycles. The van der Waals surface area contributed by atoms with Crippen molar-refractivity contribution >= 4 is 50.6 Å². The van der Waals surface area contributed by atoms with E-state index in [9.17, 15) is 17.6 Å². The van der Waals surface area contributed by atoms with Gasteiger partial charge in [0.2, 0.25) is 21.8 Å². The first-order valence-corrected chi connectivity index (χ1v) is 13.9. The lowest BCUT2D eigenvalue weighted by Crippen LogP contribution is -2.24. The molecule has 11 nitrogen and oxygen atoms in total. The van der Waals surface area contributed by atoms with Crippen LogP contribution in [0, 0.1) is 5.82 Å². The maximum atomic E-state index is 14.9. The lowest BCUT2D eigenvalue weighted by atomic mass is 10.0. The molecule has 200 valence electrons. The molecule has 0 saturated heterocycles. The van der Waals surface area contributed by atoms with E-state index in [0.717, 1.165) is 11.3 Å². The molecule has 3 rings (SSSR count). The van der Waals surface area contributed by atoms with E-state index in [2.05, 4.69) is 36.7 Å². The van der Waals surface area contributed by atoms with E-state index in [1.54, 1.807) is 19.2 Å². The molecule has 1 amide bonds. The number of hydrogen-bond acceptors (Lipinski definition) is 10. The molecule has 2 N–H and O–H groups in total. The summed E-state index contributed by atoms with van der Waals surface area (Å²) >= 11 is 1.08. The Bertz CT molecular complexity index is 1290. The SMILES string of the molecule is C=N/C=C(\N=C(C)c1cnc(NC(=O)C(CCOC)c2csc(NS(=O)(=O)C3CC3)n2)c(F)c1)OCC. The van der Waals surface area contributed by atoms with E-state index in [1.807, 2.05) is 0 Å². The normalized spacial score (nSPS) is 15.2. The summed E-state index contributed by atoms with van der Waals surface area (Å²) in [7, 11) is -1.99. The fraction of sp³-hybridized carbons (Fsp3) is 0.435. The molecule has 0 bridgehead atoms. The van der Waals surface area contributed by atoms with Gasteiger partial charge in [-0.1, -0.05) is 0 Å². The number of aromatic nitrogens is 2. The highest BCUT2D eigenvalue weighted by molar-refractivity contribution is 7.93. The van der Waals surface area contributed by atoms with Crippen LogP contribution in [0.5, 0.6) is 0 Å². The van der Waals surface area contributed by atoms with Crippen molar-refractivity contribution in [1.29, 1.82) is 0 Å². The fourth-order valence-corrected chi connectivity index (χ4v) is 5.57. The van der Waals surface area contributed by atoms with Gasteiger partial charge < -0.3 is 14.8 Å². The van der Waals surface area contributed by atoms with Gasteiger partial charge in [-0.2, -0.15) is 0 Å². The first-order chi connectivity index (χ1) is 17.7. The van der Waals surface area contributed by atoms with E-state index < -0.39 is 32.9 Å². The van der Waals surface area contributed by atoms with E-state index >= 15 is 0 Å². The number of halogens is 1. The van der Waals surface area contributed by atoms with Crippen molar-refractivity contribution in [3.8, 4) is 0 Å². The van der Waals surface area contributed by atoms with Gasteiger partial charge in [0.25, 0.3) is 0 Å². The second kappa shape index (κ2) is 12.8. The summed E-state index contributed by atoms with van der Waals surface area (Å²) in [5.74, 6) is -2.17. The molecule has 2 aromatic heterocycles. The monoisotopic (exact) mass is 552 g/mol. The Morgan fingerprint density at radius 3 is 2.81 bits per heavy atom. The quantitative estimate of drug-likeness (QED) is 0.269. The number of carbonyl (C=O) groups is 1. The van der Waals surface area contributed by atoms with Crippen LogP contribution in [0.15, 0.2) is 39.7 Å². The van der Waals surface area contributed by atoms with Crippen LogP contribution in [0.1, 0.15) is 50.3 Å². The van der Waals surface area contributed by atoms with Crippen molar-refractivity contribution in [3.63, 3.8) is 0 Å². The summed E-state index contributed by atoms with van der Waals surface area (Å²) in [5.41, 5.74) is 1.15. The zero-order valence-electron chi connectivity index (χ0n) is 20.7. The lowest BCUT2D eigenvalue weighted by molar-refractivity contribution is -0.118. The van der Waals surface area contributed by atoms with Crippen molar-refractivity contribution in [2.75, 3.05) is 30.4 Å². The third-order valence-electron chi connectivity index (χ3n) is 5.27. The van der Waals surface area contributed by atoms with Crippen LogP contribution in [0.25, 0.3) is 0 Å². The summed E-state index contributed by atoms with van der Waals surface area (Å²) in [5, 5.41) is 3.86. The van der Waals surface area contributed by atoms with Gasteiger partial charge in [0.15, 0.2) is 16.8 Å². The largest absolute Gasteiger partial charge is 0.477 e. The number of nitrogens with zero attached hydrogens (tertiary/aromatic N) is 4. The maximum Gasteiger partial charge on any atom is 0.237 e. The Balaban J connectivity index is 1.76. The van der Waals surface area contributed by atoms with Gasteiger partial charge in [-0.15, -0.1) is 11.3 Å². The minimum Gasteiger partial charge on any atom is -0.477 e. The van der Waals surface area contributed by atoms with Crippen molar-refractivity contribution in [3.05, 3.63) is 46.8 Å². The zero-order valence-corrected chi connectivity index (χ0v) is 22.4. The van der Waals surface area contributed by atoms with Crippen molar-refractivity contribution in [2.24, 2.45) is 9.98 Å². The third kappa shape index (κ3) is 7.87. The Labute approximate surface area is 219 Å². The van der Waals surface area contributed by atoms with Crippen molar-refractivity contribution in [2.45, 2.75) is 44.3 Å². The van der Waals surface area contributed by atoms with Gasteiger partial charge in [0.1, 0.15) is 0 Å². The Morgan fingerprint density at radius 2 is 2.19 bits per heavy atom. The molecule has 37 heavy (non-hydrogen) atoms. The summed E-state index contributed by atoms with van der Waals surface area (Å²) in [4.78, 5) is 29.3. The highest BCUT2D eigenvalue weighted by Gasteiger charge is 2.36. The van der Waals surface area contributed by atoms with Gasteiger partial charge in [0, 0.05) is 30.9 Å². The first kappa shape index (κ1) is 28.3. The molecule has 1 aliphatic rings. The number of sulfonamides is 1. The summed E-state index contributed by atoms with van der Waals surface area (Å²) < 4.78 is 52.2. The van der Waals surface area contributed by atoms with Crippen LogP contribution in [-0.4, -0.2) is 62.3 Å². The molecule has 0 aliphatic heterocycles. The predicted octanol–water partition coefficient (Wildman–Crippen LogP) is 3.69. The number of anilines is 2. The summed E-state index contributed by atoms with van der Waals surface area (Å²) in [6.45, 7) is 7.42. The predicted molar refractivity (Wildman–Crippen MR) is 141 cm³/mol. The zero-order chi connectivity index (χ0) is 27.0. The highest BCUT2D eigenvalue weighted by Crippen LogP contribution is 2.32. The number of rotatable bonds is 14. The van der Waals surface area contributed by atoms with Gasteiger partial charge in [-0.25, -0.2) is 27.8 Å². The number of methoxy groups -OCH3 is 1. The molecule has 0 radical (unpaired) electrons. The van der Waals surface area contributed by atoms with Crippen LogP contribution in [0.2, 0.25) is 0 Å². The third-order valence-corrected chi connectivity index (χ3v) is 8.00. The fourth-order valence-electron chi connectivity index (χ4n) is 3.21. The molecule has 1 atom stereocenters. The second-order valence-corrected chi connectivity index (χ2v) is 10.9. The number of ether oxygens (including phenoxy) is 2. The van der Waals surface area contributed by atoms with Crippen LogP contribution in [0.3, 0.4) is 0 Å². The molecule has 0 aromatic carbocycles. The smallest absolute Gasteiger partial charge is 0.237 e. The number of thiazole rings is 1. The second-order valence-electron chi connectivity index (χ2n) is 8.08. The molecule has 1 fully saturated rings. The Morgan fingerprint density at radius 1 is 1.43 bits per heavy atom. The number of hydrogen-bond donors (Lipinski definition) is 2. The first-order valence-electron chi connectivity index (χ1n) is 11.4. The van der Waals surface area contributed by atoms with Crippen LogP contribution in [-0.2, 0) is 24.3 Å². The number of pyridine rings is 1.